The lowest BCUT2D eigenvalue weighted by atomic mass is 10.1. The highest BCUT2D eigenvalue weighted by atomic mass is 19.4. The Labute approximate surface area is 230 Å². The van der Waals surface area contributed by atoms with Crippen molar-refractivity contribution in [3.63, 3.8) is 0 Å². The largest absolute Gasteiger partial charge is 0.416 e. The van der Waals surface area contributed by atoms with Crippen LogP contribution in [0, 0.1) is 6.92 Å². The first kappa shape index (κ1) is 27.5. The molecule has 12 heteroatoms. The number of carbonyl (C=O) groups excluding carboxylic acids is 1. The van der Waals surface area contributed by atoms with Crippen molar-refractivity contribution in [1.29, 1.82) is 0 Å². The first-order chi connectivity index (χ1) is 19.2. The number of amides is 1. The van der Waals surface area contributed by atoms with Gasteiger partial charge in [0.25, 0.3) is 5.91 Å². The molecule has 1 saturated heterocycles. The van der Waals surface area contributed by atoms with Gasteiger partial charge in [-0.3, -0.25) is 4.79 Å². The number of nitrogens with one attached hydrogen (secondary N) is 2. The number of anilines is 3. The van der Waals surface area contributed by atoms with Crippen molar-refractivity contribution in [2.24, 2.45) is 0 Å². The van der Waals surface area contributed by atoms with Crippen LogP contribution in [0.15, 0.2) is 55.0 Å². The van der Waals surface area contributed by atoms with Gasteiger partial charge in [-0.05, 0) is 56.3 Å². The van der Waals surface area contributed by atoms with E-state index in [1.54, 1.807) is 24.4 Å². The topological polar surface area (TPSA) is 91.2 Å². The summed E-state index contributed by atoms with van der Waals surface area (Å²) in [6, 6.07) is 9.58. The summed E-state index contributed by atoms with van der Waals surface area (Å²) in [6.45, 7) is 7.93. The summed E-state index contributed by atoms with van der Waals surface area (Å²) in [4.78, 5) is 26.5. The van der Waals surface area contributed by atoms with E-state index in [2.05, 4.69) is 42.5 Å². The van der Waals surface area contributed by atoms with Crippen LogP contribution >= 0.6 is 0 Å². The van der Waals surface area contributed by atoms with Crippen LogP contribution in [-0.2, 0) is 12.7 Å². The predicted molar refractivity (Wildman–Crippen MR) is 148 cm³/mol. The van der Waals surface area contributed by atoms with E-state index in [0.717, 1.165) is 68.8 Å². The smallest absolute Gasteiger partial charge is 0.339 e. The molecular weight excluding hydrogens is 521 g/mol. The van der Waals surface area contributed by atoms with E-state index in [1.165, 1.54) is 18.5 Å². The molecule has 0 spiro atoms. The Hall–Kier alpha value is -4.03. The summed E-state index contributed by atoms with van der Waals surface area (Å²) in [5.41, 5.74) is 1.74. The summed E-state index contributed by atoms with van der Waals surface area (Å²) in [7, 11) is 2.14. The number of likely N-dealkylation sites (N-methyl/N-ethyl adjacent to an activating group) is 1. The summed E-state index contributed by atoms with van der Waals surface area (Å²) in [5, 5.41) is 11.1. The number of benzene rings is 2. The van der Waals surface area contributed by atoms with Crippen LogP contribution in [0.25, 0.3) is 11.0 Å². The molecule has 3 heterocycles. The van der Waals surface area contributed by atoms with E-state index in [-0.39, 0.29) is 11.3 Å². The number of carbonyl (C=O) groups is 1. The fraction of sp³-hybridized carbons (Fsp3) is 0.357. The Morgan fingerprint density at radius 1 is 1.02 bits per heavy atom. The van der Waals surface area contributed by atoms with Gasteiger partial charge < -0.3 is 20.4 Å². The van der Waals surface area contributed by atoms with Gasteiger partial charge in [0.1, 0.15) is 12.1 Å². The van der Waals surface area contributed by atoms with E-state index >= 15 is 0 Å². The van der Waals surface area contributed by atoms with Gasteiger partial charge in [-0.25, -0.2) is 14.6 Å². The number of fused-ring (bicyclic) bond motifs is 1. The molecule has 1 fully saturated rings. The SMILES string of the molecule is Cc1ccc(C(=O)Nc2cccc(C(F)(F)F)c2)cc1Nc1ncnc2c1cnn2CCCN1CCN(C)CC1. The van der Waals surface area contributed by atoms with Crippen LogP contribution in [-0.4, -0.2) is 75.2 Å². The molecule has 210 valence electrons. The number of hydrogen-bond donors (Lipinski definition) is 2. The van der Waals surface area contributed by atoms with Crippen LogP contribution in [0.3, 0.4) is 0 Å². The van der Waals surface area contributed by atoms with Crippen molar-refractivity contribution in [3.05, 3.63) is 71.7 Å². The summed E-state index contributed by atoms with van der Waals surface area (Å²) < 4.78 is 41.0. The van der Waals surface area contributed by atoms with Gasteiger partial charge in [0.2, 0.25) is 0 Å². The van der Waals surface area contributed by atoms with Crippen LogP contribution in [0.1, 0.15) is 27.9 Å². The van der Waals surface area contributed by atoms with E-state index in [4.69, 9.17) is 0 Å². The fourth-order valence-electron chi connectivity index (χ4n) is 4.67. The molecule has 0 atom stereocenters. The van der Waals surface area contributed by atoms with Gasteiger partial charge in [-0.1, -0.05) is 12.1 Å². The molecule has 1 aliphatic rings. The number of piperazine rings is 1. The average Bonchev–Trinajstić information content (AvgIpc) is 3.34. The zero-order valence-corrected chi connectivity index (χ0v) is 22.4. The van der Waals surface area contributed by atoms with E-state index in [1.807, 2.05) is 11.6 Å². The molecule has 0 unspecified atom stereocenters. The fourth-order valence-corrected chi connectivity index (χ4v) is 4.67. The summed E-state index contributed by atoms with van der Waals surface area (Å²) >= 11 is 0. The van der Waals surface area contributed by atoms with Gasteiger partial charge in [0, 0.05) is 56.2 Å². The number of halogens is 3. The second-order valence-corrected chi connectivity index (χ2v) is 10.0. The molecule has 0 aliphatic carbocycles. The van der Waals surface area contributed by atoms with Gasteiger partial charge in [-0.15, -0.1) is 0 Å². The highest BCUT2D eigenvalue weighted by molar-refractivity contribution is 6.05. The molecule has 0 bridgehead atoms. The number of alkyl halides is 3. The highest BCUT2D eigenvalue weighted by Gasteiger charge is 2.30. The van der Waals surface area contributed by atoms with Gasteiger partial charge in [0.05, 0.1) is 17.1 Å². The van der Waals surface area contributed by atoms with Gasteiger partial charge in [0.15, 0.2) is 5.65 Å². The summed E-state index contributed by atoms with van der Waals surface area (Å²) in [5.74, 6) is 0.0252. The van der Waals surface area contributed by atoms with E-state index in [9.17, 15) is 18.0 Å². The molecule has 1 aliphatic heterocycles. The maximum atomic E-state index is 13.1. The van der Waals surface area contributed by atoms with Crippen molar-refractivity contribution in [1.82, 2.24) is 29.5 Å². The molecule has 2 aromatic heterocycles. The Morgan fingerprint density at radius 2 is 1.82 bits per heavy atom. The molecule has 1 amide bonds. The van der Waals surface area contributed by atoms with Gasteiger partial charge in [-0.2, -0.15) is 18.3 Å². The lowest BCUT2D eigenvalue weighted by Gasteiger charge is -2.32. The maximum absolute atomic E-state index is 13.1. The quantitative estimate of drug-likeness (QED) is 0.325. The average molecular weight is 553 g/mol. The first-order valence-electron chi connectivity index (χ1n) is 13.1. The van der Waals surface area contributed by atoms with Crippen LogP contribution < -0.4 is 10.6 Å². The number of aryl methyl sites for hydroxylation is 2. The predicted octanol–water partition coefficient (Wildman–Crippen LogP) is 4.79. The second kappa shape index (κ2) is 11.6. The Bertz CT molecular complexity index is 1490. The molecule has 2 N–H and O–H groups in total. The minimum atomic E-state index is -4.50. The molecular formula is C28H31F3N8O. The second-order valence-electron chi connectivity index (χ2n) is 10.0. The summed E-state index contributed by atoms with van der Waals surface area (Å²) in [6.07, 6.45) is -0.339. The molecule has 9 nitrogen and oxygen atoms in total. The third-order valence-electron chi connectivity index (χ3n) is 7.07. The van der Waals surface area contributed by atoms with Crippen LogP contribution in [0.5, 0.6) is 0 Å². The minimum absolute atomic E-state index is 0.0625. The maximum Gasteiger partial charge on any atom is 0.416 e. The lowest BCUT2D eigenvalue weighted by molar-refractivity contribution is -0.137. The monoisotopic (exact) mass is 552 g/mol. The van der Waals surface area contributed by atoms with Crippen LogP contribution in [0.4, 0.5) is 30.4 Å². The van der Waals surface area contributed by atoms with Gasteiger partial charge >= 0.3 is 6.18 Å². The Kier molecular flexibility index (Phi) is 7.99. The van der Waals surface area contributed by atoms with Crippen LogP contribution in [0.2, 0.25) is 0 Å². The Morgan fingerprint density at radius 3 is 2.60 bits per heavy atom. The third-order valence-corrected chi connectivity index (χ3v) is 7.07. The lowest BCUT2D eigenvalue weighted by Crippen LogP contribution is -2.44. The normalized spacial score (nSPS) is 14.9. The molecule has 5 rings (SSSR count). The zero-order valence-electron chi connectivity index (χ0n) is 22.4. The van der Waals surface area contributed by atoms with Crippen molar-refractivity contribution >= 4 is 34.1 Å². The van der Waals surface area contributed by atoms with E-state index < -0.39 is 17.6 Å². The number of nitrogens with zero attached hydrogens (tertiary/aromatic N) is 6. The van der Waals surface area contributed by atoms with Crippen molar-refractivity contribution in [2.75, 3.05) is 50.4 Å². The molecule has 2 aromatic carbocycles. The molecule has 40 heavy (non-hydrogen) atoms. The molecule has 0 radical (unpaired) electrons. The zero-order chi connectivity index (χ0) is 28.3. The molecule has 4 aromatic rings. The molecule has 0 saturated carbocycles. The van der Waals surface area contributed by atoms with Crippen molar-refractivity contribution in [2.45, 2.75) is 26.1 Å². The first-order valence-corrected chi connectivity index (χ1v) is 13.1. The van der Waals surface area contributed by atoms with E-state index in [0.29, 0.717) is 17.2 Å². The number of rotatable bonds is 8. The standard InChI is InChI=1S/C28H31F3N8O/c1-19-7-8-20(27(40)35-22-6-3-5-21(16-22)28(29,30)31)15-24(19)36-25-23-17-34-39(26(23)33-18-32-25)10-4-9-38-13-11-37(2)12-14-38/h3,5-8,15-18H,4,9-14H2,1-2H3,(H,35,40)(H,32,33,36). The number of hydrogen-bond acceptors (Lipinski definition) is 7. The van der Waals surface area contributed by atoms with Crippen molar-refractivity contribution < 1.29 is 18.0 Å². The number of aromatic nitrogens is 4. The third kappa shape index (κ3) is 6.40. The van der Waals surface area contributed by atoms with Crippen molar-refractivity contribution in [3.8, 4) is 0 Å². The minimum Gasteiger partial charge on any atom is -0.339 e. The Balaban J connectivity index is 1.28. The highest BCUT2D eigenvalue weighted by Crippen LogP contribution is 2.31.